The van der Waals surface area contributed by atoms with E-state index in [0.29, 0.717) is 11.0 Å². The van der Waals surface area contributed by atoms with Crippen LogP contribution in [0.1, 0.15) is 30.1 Å². The highest BCUT2D eigenvalue weighted by atomic mass is 35.5. The lowest BCUT2D eigenvalue weighted by Crippen LogP contribution is -2.18. The van der Waals surface area contributed by atoms with Crippen LogP contribution < -0.4 is 5.32 Å². The molecule has 2 aromatic rings. The van der Waals surface area contributed by atoms with Crippen LogP contribution in [0.2, 0.25) is 5.02 Å². The molecule has 17 heavy (non-hydrogen) atoms. The van der Waals surface area contributed by atoms with E-state index in [2.05, 4.69) is 25.5 Å². The molecular formula is C11H12ClN5. The van der Waals surface area contributed by atoms with Gasteiger partial charge in [-0.3, -0.25) is 5.10 Å². The summed E-state index contributed by atoms with van der Waals surface area (Å²) in [6.07, 6.45) is 8.37. The number of aromatic amines is 1. The van der Waals surface area contributed by atoms with E-state index in [1.54, 1.807) is 12.4 Å². The highest BCUT2D eigenvalue weighted by Crippen LogP contribution is 2.29. The number of anilines is 1. The molecule has 5 nitrogen and oxygen atoms in total. The summed E-state index contributed by atoms with van der Waals surface area (Å²) >= 11 is 5.75. The fourth-order valence-electron chi connectivity index (χ4n) is 2.15. The van der Waals surface area contributed by atoms with Gasteiger partial charge in [0.05, 0.1) is 35.3 Å². The van der Waals surface area contributed by atoms with E-state index >= 15 is 0 Å². The van der Waals surface area contributed by atoms with Gasteiger partial charge in [0.1, 0.15) is 0 Å². The number of aromatic nitrogens is 4. The molecule has 3 rings (SSSR count). The highest BCUT2D eigenvalue weighted by molar-refractivity contribution is 6.30. The smallest absolute Gasteiger partial charge is 0.223 e. The molecule has 0 bridgehead atoms. The second-order valence-electron chi connectivity index (χ2n) is 4.12. The molecular weight excluding hydrogens is 238 g/mol. The Labute approximate surface area is 104 Å². The van der Waals surface area contributed by atoms with Gasteiger partial charge in [-0.05, 0) is 24.8 Å². The van der Waals surface area contributed by atoms with Gasteiger partial charge in [-0.2, -0.15) is 5.10 Å². The first-order chi connectivity index (χ1) is 8.33. The first-order valence-corrected chi connectivity index (χ1v) is 5.97. The van der Waals surface area contributed by atoms with Crippen LogP contribution in [0.25, 0.3) is 0 Å². The number of fused-ring (bicyclic) bond motifs is 1. The zero-order valence-electron chi connectivity index (χ0n) is 9.15. The molecule has 2 N–H and O–H groups in total. The topological polar surface area (TPSA) is 66.5 Å². The first kappa shape index (κ1) is 10.5. The second kappa shape index (κ2) is 4.33. The third-order valence-corrected chi connectivity index (χ3v) is 3.16. The summed E-state index contributed by atoms with van der Waals surface area (Å²) in [5, 5.41) is 11.0. The van der Waals surface area contributed by atoms with E-state index in [4.69, 9.17) is 11.6 Å². The molecule has 0 amide bonds. The van der Waals surface area contributed by atoms with Crippen molar-refractivity contribution in [2.45, 2.75) is 25.3 Å². The Kier molecular flexibility index (Phi) is 2.68. The van der Waals surface area contributed by atoms with Gasteiger partial charge in [0, 0.05) is 0 Å². The summed E-state index contributed by atoms with van der Waals surface area (Å²) < 4.78 is 0. The Morgan fingerprint density at radius 3 is 2.94 bits per heavy atom. The number of nitrogens with zero attached hydrogens (tertiary/aromatic N) is 3. The normalized spacial score (nSPS) is 18.8. The average Bonchev–Trinajstić information content (AvgIpc) is 2.81. The molecule has 0 saturated heterocycles. The molecule has 1 aliphatic carbocycles. The number of H-pyrrole nitrogens is 1. The van der Waals surface area contributed by atoms with Crippen molar-refractivity contribution >= 4 is 17.5 Å². The fraction of sp³-hybridized carbons (Fsp3) is 0.364. The van der Waals surface area contributed by atoms with Gasteiger partial charge in [0.25, 0.3) is 0 Å². The molecule has 0 fully saturated rings. The van der Waals surface area contributed by atoms with Gasteiger partial charge >= 0.3 is 0 Å². The van der Waals surface area contributed by atoms with Crippen LogP contribution in [0.3, 0.4) is 0 Å². The van der Waals surface area contributed by atoms with Gasteiger partial charge in [-0.15, -0.1) is 0 Å². The molecule has 2 aromatic heterocycles. The Hall–Kier alpha value is -1.62. The van der Waals surface area contributed by atoms with Crippen LogP contribution in [-0.4, -0.2) is 20.2 Å². The largest absolute Gasteiger partial charge is 0.346 e. The molecule has 1 atom stereocenters. The van der Waals surface area contributed by atoms with Crippen molar-refractivity contribution in [2.24, 2.45) is 0 Å². The number of hydrogen-bond acceptors (Lipinski definition) is 4. The van der Waals surface area contributed by atoms with E-state index in [0.717, 1.165) is 25.0 Å². The molecule has 2 heterocycles. The standard InChI is InChI=1S/C11H12ClN5/c12-8-5-13-11(14-6-8)16-9-3-1-2-7-4-15-17-10(7)9/h4-6,9H,1-3H2,(H,15,17)(H,13,14,16). The Bertz CT molecular complexity index is 507. The van der Waals surface area contributed by atoms with Crippen molar-refractivity contribution in [3.63, 3.8) is 0 Å². The van der Waals surface area contributed by atoms with Crippen LogP contribution in [0.5, 0.6) is 0 Å². The predicted molar refractivity (Wildman–Crippen MR) is 64.9 cm³/mol. The van der Waals surface area contributed by atoms with Crippen molar-refractivity contribution in [3.05, 3.63) is 34.9 Å². The Morgan fingerprint density at radius 1 is 1.29 bits per heavy atom. The predicted octanol–water partition coefficient (Wildman–Crippen LogP) is 2.34. The van der Waals surface area contributed by atoms with Gasteiger partial charge in [0.2, 0.25) is 5.95 Å². The average molecular weight is 250 g/mol. The maximum atomic E-state index is 5.75. The Balaban J connectivity index is 1.81. The summed E-state index contributed by atoms with van der Waals surface area (Å²) in [6.45, 7) is 0. The van der Waals surface area contributed by atoms with Crippen LogP contribution in [0.15, 0.2) is 18.6 Å². The molecule has 0 saturated carbocycles. The second-order valence-corrected chi connectivity index (χ2v) is 4.56. The lowest BCUT2D eigenvalue weighted by Gasteiger charge is -2.22. The number of nitrogens with one attached hydrogen (secondary N) is 2. The maximum Gasteiger partial charge on any atom is 0.223 e. The van der Waals surface area contributed by atoms with E-state index in [1.165, 1.54) is 5.56 Å². The van der Waals surface area contributed by atoms with E-state index in [9.17, 15) is 0 Å². The molecule has 0 radical (unpaired) electrons. The molecule has 6 heteroatoms. The minimum Gasteiger partial charge on any atom is -0.346 e. The molecule has 0 aliphatic heterocycles. The Morgan fingerprint density at radius 2 is 2.12 bits per heavy atom. The maximum absolute atomic E-state index is 5.75. The lowest BCUT2D eigenvalue weighted by atomic mass is 9.94. The van der Waals surface area contributed by atoms with Crippen LogP contribution >= 0.6 is 11.6 Å². The number of halogens is 1. The van der Waals surface area contributed by atoms with Crippen molar-refractivity contribution in [2.75, 3.05) is 5.32 Å². The third-order valence-electron chi connectivity index (χ3n) is 2.96. The number of hydrogen-bond donors (Lipinski definition) is 2. The van der Waals surface area contributed by atoms with Crippen molar-refractivity contribution < 1.29 is 0 Å². The zero-order valence-corrected chi connectivity index (χ0v) is 9.91. The van der Waals surface area contributed by atoms with Crippen molar-refractivity contribution in [3.8, 4) is 0 Å². The monoisotopic (exact) mass is 249 g/mol. The minimum atomic E-state index is 0.211. The molecule has 0 spiro atoms. The number of rotatable bonds is 2. The zero-order chi connectivity index (χ0) is 11.7. The minimum absolute atomic E-state index is 0.211. The van der Waals surface area contributed by atoms with Crippen molar-refractivity contribution in [1.82, 2.24) is 20.2 Å². The van der Waals surface area contributed by atoms with Gasteiger partial charge < -0.3 is 5.32 Å². The lowest BCUT2D eigenvalue weighted by molar-refractivity contribution is 0.584. The molecule has 1 unspecified atom stereocenters. The van der Waals surface area contributed by atoms with Gasteiger partial charge in [-0.25, -0.2) is 9.97 Å². The van der Waals surface area contributed by atoms with Crippen LogP contribution in [0, 0.1) is 0 Å². The highest BCUT2D eigenvalue weighted by Gasteiger charge is 2.22. The molecule has 1 aliphatic rings. The van der Waals surface area contributed by atoms with E-state index in [1.807, 2.05) is 6.20 Å². The summed E-state index contributed by atoms with van der Waals surface area (Å²) in [7, 11) is 0. The van der Waals surface area contributed by atoms with Crippen LogP contribution in [0.4, 0.5) is 5.95 Å². The number of aryl methyl sites for hydroxylation is 1. The quantitative estimate of drug-likeness (QED) is 0.857. The third kappa shape index (κ3) is 2.10. The van der Waals surface area contributed by atoms with Gasteiger partial charge in [0.15, 0.2) is 0 Å². The summed E-state index contributed by atoms with van der Waals surface area (Å²) in [4.78, 5) is 8.28. The summed E-state index contributed by atoms with van der Waals surface area (Å²) in [5.74, 6) is 0.599. The molecule has 0 aromatic carbocycles. The summed E-state index contributed by atoms with van der Waals surface area (Å²) in [5.41, 5.74) is 2.43. The van der Waals surface area contributed by atoms with E-state index in [-0.39, 0.29) is 6.04 Å². The van der Waals surface area contributed by atoms with Crippen molar-refractivity contribution in [1.29, 1.82) is 0 Å². The molecule has 88 valence electrons. The van der Waals surface area contributed by atoms with E-state index < -0.39 is 0 Å². The fourth-order valence-corrected chi connectivity index (χ4v) is 2.25. The first-order valence-electron chi connectivity index (χ1n) is 5.59. The summed E-state index contributed by atoms with van der Waals surface area (Å²) in [6, 6.07) is 0.211. The SMILES string of the molecule is Clc1cnc(NC2CCCc3cn[nH]c32)nc1. The van der Waals surface area contributed by atoms with Gasteiger partial charge in [-0.1, -0.05) is 11.6 Å². The van der Waals surface area contributed by atoms with Crippen LogP contribution in [-0.2, 0) is 6.42 Å².